The molecule has 0 aliphatic rings. The van der Waals surface area contributed by atoms with Gasteiger partial charge in [0.05, 0.1) is 5.60 Å². The summed E-state index contributed by atoms with van der Waals surface area (Å²) >= 11 is 0. The van der Waals surface area contributed by atoms with Gasteiger partial charge in [-0.1, -0.05) is 6.92 Å². The fourth-order valence-corrected chi connectivity index (χ4v) is 0.927. The van der Waals surface area contributed by atoms with Crippen molar-refractivity contribution >= 4 is 5.97 Å². The summed E-state index contributed by atoms with van der Waals surface area (Å²) in [5, 5.41) is 9.45. The van der Waals surface area contributed by atoms with E-state index in [2.05, 4.69) is 0 Å². The summed E-state index contributed by atoms with van der Waals surface area (Å²) in [4.78, 5) is 10.5. The van der Waals surface area contributed by atoms with E-state index in [4.69, 9.17) is 4.74 Å². The lowest BCUT2D eigenvalue weighted by molar-refractivity contribution is -0.159. The zero-order valence-corrected chi connectivity index (χ0v) is 7.55. The highest BCUT2D eigenvalue weighted by Gasteiger charge is 2.27. The lowest BCUT2D eigenvalue weighted by Gasteiger charge is -2.27. The van der Waals surface area contributed by atoms with E-state index in [1.165, 1.54) is 6.92 Å². The van der Waals surface area contributed by atoms with Crippen molar-refractivity contribution in [3.8, 4) is 0 Å². The van der Waals surface area contributed by atoms with Crippen LogP contribution in [0.3, 0.4) is 0 Å². The third-order valence-corrected chi connectivity index (χ3v) is 1.47. The molecule has 0 aromatic carbocycles. The van der Waals surface area contributed by atoms with Crippen molar-refractivity contribution in [1.82, 2.24) is 0 Å². The molecule has 0 fully saturated rings. The van der Waals surface area contributed by atoms with E-state index >= 15 is 0 Å². The van der Waals surface area contributed by atoms with Gasteiger partial charge in [-0.3, -0.25) is 4.79 Å². The van der Waals surface area contributed by atoms with E-state index in [9.17, 15) is 9.90 Å². The van der Waals surface area contributed by atoms with Crippen molar-refractivity contribution in [1.29, 1.82) is 0 Å². The van der Waals surface area contributed by atoms with Crippen molar-refractivity contribution in [2.45, 2.75) is 45.8 Å². The third-order valence-electron chi connectivity index (χ3n) is 1.47. The van der Waals surface area contributed by atoms with E-state index < -0.39 is 11.7 Å². The molecule has 0 amide bonds. The summed E-state index contributed by atoms with van der Waals surface area (Å²) in [7, 11) is 0. The van der Waals surface area contributed by atoms with E-state index in [-0.39, 0.29) is 5.97 Å². The molecule has 0 heterocycles. The second-order valence-corrected chi connectivity index (χ2v) is 3.16. The van der Waals surface area contributed by atoms with Crippen LogP contribution in [-0.4, -0.2) is 22.8 Å². The number of aliphatic hydroxyl groups is 1. The maximum Gasteiger partial charge on any atom is 0.303 e. The Balaban J connectivity index is 4.07. The van der Waals surface area contributed by atoms with Gasteiger partial charge in [-0.05, 0) is 20.3 Å². The van der Waals surface area contributed by atoms with Gasteiger partial charge in [-0.2, -0.15) is 0 Å². The van der Waals surface area contributed by atoms with E-state index in [0.29, 0.717) is 6.42 Å². The Morgan fingerprint density at radius 2 is 2.09 bits per heavy atom. The van der Waals surface area contributed by atoms with Gasteiger partial charge in [0, 0.05) is 6.92 Å². The van der Waals surface area contributed by atoms with E-state index in [1.807, 2.05) is 6.92 Å². The van der Waals surface area contributed by atoms with Gasteiger partial charge >= 0.3 is 5.97 Å². The molecule has 1 N–H and O–H groups in total. The largest absolute Gasteiger partial charge is 0.460 e. The van der Waals surface area contributed by atoms with Crippen LogP contribution in [0, 0.1) is 0 Å². The summed E-state index contributed by atoms with van der Waals surface area (Å²) in [6, 6.07) is 0. The first-order valence-corrected chi connectivity index (χ1v) is 3.77. The Hall–Kier alpha value is -0.570. The number of carbonyl (C=O) groups is 1. The van der Waals surface area contributed by atoms with Crippen LogP contribution in [-0.2, 0) is 9.53 Å². The minimum absolute atomic E-state index is 0.348. The van der Waals surface area contributed by atoms with Crippen molar-refractivity contribution in [2.75, 3.05) is 0 Å². The quantitative estimate of drug-likeness (QED) is 0.629. The Bertz CT molecular complexity index is 135. The van der Waals surface area contributed by atoms with Gasteiger partial charge in [0.25, 0.3) is 0 Å². The fourth-order valence-electron chi connectivity index (χ4n) is 0.927. The second-order valence-electron chi connectivity index (χ2n) is 3.16. The molecule has 0 saturated heterocycles. The van der Waals surface area contributed by atoms with Gasteiger partial charge in [-0.15, -0.1) is 0 Å². The van der Waals surface area contributed by atoms with E-state index in [0.717, 1.165) is 0 Å². The summed E-state index contributed by atoms with van der Waals surface area (Å²) in [6.07, 6.45) is 0.225. The molecular formula is C8H16O3. The number of rotatable bonds is 3. The molecule has 0 aromatic rings. The highest BCUT2D eigenvalue weighted by atomic mass is 16.6. The van der Waals surface area contributed by atoms with Gasteiger partial charge in [0.2, 0.25) is 0 Å². The average Bonchev–Trinajstić information content (AvgIpc) is 1.79. The average molecular weight is 160 g/mol. The Kier molecular flexibility index (Phi) is 3.52. The first kappa shape index (κ1) is 10.4. The molecule has 11 heavy (non-hydrogen) atoms. The monoisotopic (exact) mass is 160 g/mol. The third kappa shape index (κ3) is 3.98. The van der Waals surface area contributed by atoms with Crippen molar-refractivity contribution in [2.24, 2.45) is 0 Å². The summed E-state index contributed by atoms with van der Waals surface area (Å²) in [6.45, 7) is 6.47. The Morgan fingerprint density at radius 3 is 2.18 bits per heavy atom. The molecule has 1 atom stereocenters. The zero-order valence-electron chi connectivity index (χ0n) is 7.55. The maximum atomic E-state index is 10.5. The second kappa shape index (κ2) is 3.72. The number of ether oxygens (including phenoxy) is 1. The summed E-state index contributed by atoms with van der Waals surface area (Å²) < 4.78 is 4.88. The lowest BCUT2D eigenvalue weighted by Crippen LogP contribution is -2.38. The number of esters is 1. The minimum Gasteiger partial charge on any atom is -0.460 e. The Morgan fingerprint density at radius 1 is 1.64 bits per heavy atom. The zero-order chi connectivity index (χ0) is 9.07. The molecule has 3 nitrogen and oxygen atoms in total. The van der Waals surface area contributed by atoms with Crippen LogP contribution in [0.4, 0.5) is 0 Å². The van der Waals surface area contributed by atoms with Gasteiger partial charge in [0.1, 0.15) is 6.10 Å². The minimum atomic E-state index is -0.944. The van der Waals surface area contributed by atoms with E-state index in [1.54, 1.807) is 13.8 Å². The molecule has 0 aliphatic heterocycles. The predicted octanol–water partition coefficient (Wildman–Crippen LogP) is 1.10. The smallest absolute Gasteiger partial charge is 0.303 e. The molecule has 0 aromatic heterocycles. The molecule has 0 rings (SSSR count). The summed E-state index contributed by atoms with van der Waals surface area (Å²) in [5.41, 5.74) is -0.944. The van der Waals surface area contributed by atoms with Crippen molar-refractivity contribution in [3.05, 3.63) is 0 Å². The van der Waals surface area contributed by atoms with Gasteiger partial charge in [-0.25, -0.2) is 0 Å². The highest BCUT2D eigenvalue weighted by Crippen LogP contribution is 2.15. The van der Waals surface area contributed by atoms with Crippen molar-refractivity contribution < 1.29 is 14.6 Å². The molecule has 0 radical (unpaired) electrons. The standard InChI is InChI=1S/C8H16O3/c1-5-7(8(3,4)10)11-6(2)9/h7,10H,5H2,1-4H3/t7-/m0/s1. The molecule has 0 spiro atoms. The maximum absolute atomic E-state index is 10.5. The van der Waals surface area contributed by atoms with Crippen LogP contribution in [0.25, 0.3) is 0 Å². The SMILES string of the molecule is CC[C@H](OC(C)=O)C(C)(C)O. The van der Waals surface area contributed by atoms with Crippen LogP contribution >= 0.6 is 0 Å². The lowest BCUT2D eigenvalue weighted by atomic mass is 10.00. The number of hydrogen-bond donors (Lipinski definition) is 1. The molecule has 0 unspecified atom stereocenters. The fraction of sp³-hybridized carbons (Fsp3) is 0.875. The molecule has 0 saturated carbocycles. The molecule has 0 bridgehead atoms. The van der Waals surface area contributed by atoms with Crippen molar-refractivity contribution in [3.63, 3.8) is 0 Å². The first-order valence-electron chi connectivity index (χ1n) is 3.77. The summed E-state index contributed by atoms with van der Waals surface area (Å²) in [5.74, 6) is -0.348. The topological polar surface area (TPSA) is 46.5 Å². The molecular weight excluding hydrogens is 144 g/mol. The van der Waals surface area contributed by atoms with Crippen LogP contribution in [0.15, 0.2) is 0 Å². The normalized spacial score (nSPS) is 14.3. The number of hydrogen-bond acceptors (Lipinski definition) is 3. The molecule has 3 heteroatoms. The molecule has 66 valence electrons. The van der Waals surface area contributed by atoms with Crippen LogP contribution < -0.4 is 0 Å². The van der Waals surface area contributed by atoms with Crippen LogP contribution in [0.2, 0.25) is 0 Å². The highest BCUT2D eigenvalue weighted by molar-refractivity contribution is 5.66. The Labute approximate surface area is 67.4 Å². The molecule has 0 aliphatic carbocycles. The van der Waals surface area contributed by atoms with Gasteiger partial charge in [0.15, 0.2) is 0 Å². The van der Waals surface area contributed by atoms with Gasteiger partial charge < -0.3 is 9.84 Å². The number of carbonyl (C=O) groups excluding carboxylic acids is 1. The first-order chi connectivity index (χ1) is 4.88. The predicted molar refractivity (Wildman–Crippen MR) is 42.1 cm³/mol. The van der Waals surface area contributed by atoms with Crippen LogP contribution in [0.5, 0.6) is 0 Å². The van der Waals surface area contributed by atoms with Crippen LogP contribution in [0.1, 0.15) is 34.1 Å².